The smallest absolute Gasteiger partial charge is 0.250 e. The maximum absolute atomic E-state index is 14.2. The Hall–Kier alpha value is -2.70. The molecule has 6 heteroatoms. The molecule has 3 fully saturated rings. The topological polar surface area (TPSA) is 61.9 Å². The molecular formula is C26H29N3O3. The van der Waals surface area contributed by atoms with Crippen LogP contribution in [0.3, 0.4) is 0 Å². The van der Waals surface area contributed by atoms with Gasteiger partial charge in [-0.25, -0.2) is 0 Å². The van der Waals surface area contributed by atoms with Gasteiger partial charge < -0.3 is 15.0 Å². The standard InChI is InChI=1S/C26H29N3O3/c1-28-15-13-22(30)25(16-28)23(17-9-11-18(32-2)12-10-17)21-8-5-14-29(21)26(25)19-6-3-4-7-20(19)27-24(26)31/h3-4,6-7,9-12,21,23H,5,8,13-16H2,1-2H3,(H,27,31)/t21-,23-,25+,26-/m0/s1. The first-order valence-electron chi connectivity index (χ1n) is 11.6. The lowest BCUT2D eigenvalue weighted by Crippen LogP contribution is -2.65. The average Bonchev–Trinajstić information content (AvgIpc) is 3.44. The second-order valence-electron chi connectivity index (χ2n) is 9.75. The van der Waals surface area contributed by atoms with Gasteiger partial charge in [0.2, 0.25) is 0 Å². The number of nitrogens with zero attached hydrogens (tertiary/aromatic N) is 2. The highest BCUT2D eigenvalue weighted by molar-refractivity contribution is 6.11. The molecule has 0 saturated carbocycles. The minimum atomic E-state index is -0.971. The monoisotopic (exact) mass is 431 g/mol. The number of hydrogen-bond acceptors (Lipinski definition) is 5. The van der Waals surface area contributed by atoms with Crippen LogP contribution in [0.4, 0.5) is 5.69 Å². The zero-order chi connectivity index (χ0) is 22.1. The average molecular weight is 432 g/mol. The molecule has 4 heterocycles. The van der Waals surface area contributed by atoms with Gasteiger partial charge in [0.05, 0.1) is 12.5 Å². The summed E-state index contributed by atoms with van der Waals surface area (Å²) in [7, 11) is 3.74. The Morgan fingerprint density at radius 1 is 1.06 bits per heavy atom. The van der Waals surface area contributed by atoms with Crippen LogP contribution >= 0.6 is 0 Å². The maximum Gasteiger partial charge on any atom is 0.250 e. The predicted octanol–water partition coefficient (Wildman–Crippen LogP) is 3.00. The summed E-state index contributed by atoms with van der Waals surface area (Å²) in [5.41, 5.74) is 1.13. The van der Waals surface area contributed by atoms with Crippen LogP contribution in [0.5, 0.6) is 5.75 Å². The highest BCUT2D eigenvalue weighted by Crippen LogP contribution is 2.68. The van der Waals surface area contributed by atoms with Gasteiger partial charge in [0.15, 0.2) is 0 Å². The number of carbonyl (C=O) groups is 2. The van der Waals surface area contributed by atoms with Crippen LogP contribution in [0.15, 0.2) is 48.5 Å². The van der Waals surface area contributed by atoms with Gasteiger partial charge >= 0.3 is 0 Å². The molecular weight excluding hydrogens is 402 g/mol. The molecule has 2 aromatic carbocycles. The lowest BCUT2D eigenvalue weighted by molar-refractivity contribution is -0.151. The number of anilines is 1. The normalized spacial score (nSPS) is 34.2. The number of ether oxygens (including phenoxy) is 1. The largest absolute Gasteiger partial charge is 0.497 e. The van der Waals surface area contributed by atoms with Crippen molar-refractivity contribution in [1.29, 1.82) is 0 Å². The van der Waals surface area contributed by atoms with Gasteiger partial charge in [0, 0.05) is 42.7 Å². The minimum Gasteiger partial charge on any atom is -0.497 e. The fourth-order valence-corrected chi connectivity index (χ4v) is 7.35. The van der Waals surface area contributed by atoms with E-state index in [0.717, 1.165) is 48.5 Å². The molecule has 6 rings (SSSR count). The summed E-state index contributed by atoms with van der Waals surface area (Å²) in [4.78, 5) is 32.9. The van der Waals surface area contributed by atoms with Crippen LogP contribution in [0.25, 0.3) is 0 Å². The minimum absolute atomic E-state index is 0.0368. The quantitative estimate of drug-likeness (QED) is 0.792. The number of ketones is 1. The van der Waals surface area contributed by atoms with Gasteiger partial charge in [0.1, 0.15) is 17.1 Å². The number of piperidine rings is 1. The molecule has 0 bridgehead atoms. The van der Waals surface area contributed by atoms with Crippen LogP contribution in [0.1, 0.15) is 36.3 Å². The Morgan fingerprint density at radius 3 is 2.62 bits per heavy atom. The summed E-state index contributed by atoms with van der Waals surface area (Å²) in [5.74, 6) is 0.931. The Kier molecular flexibility index (Phi) is 4.30. The van der Waals surface area contributed by atoms with E-state index in [0.29, 0.717) is 13.0 Å². The third kappa shape index (κ3) is 2.27. The molecule has 0 radical (unpaired) electrons. The van der Waals surface area contributed by atoms with Crippen molar-refractivity contribution in [2.24, 2.45) is 5.41 Å². The molecule has 3 saturated heterocycles. The summed E-state index contributed by atoms with van der Waals surface area (Å²) in [6, 6.07) is 16.3. The molecule has 32 heavy (non-hydrogen) atoms. The van der Waals surface area contributed by atoms with E-state index in [1.807, 2.05) is 30.3 Å². The molecule has 2 spiro atoms. The van der Waals surface area contributed by atoms with Crippen LogP contribution in [0, 0.1) is 5.41 Å². The number of fused-ring (bicyclic) bond motifs is 5. The van der Waals surface area contributed by atoms with Crippen molar-refractivity contribution in [3.05, 3.63) is 59.7 Å². The SMILES string of the molecule is COc1ccc([C@H]2[C@@H]3CCCN3[C@@]3(C(=O)Nc4ccccc43)[C@@]23CN(C)CCC3=O)cc1. The molecule has 4 aliphatic rings. The second kappa shape index (κ2) is 6.90. The zero-order valence-corrected chi connectivity index (χ0v) is 18.6. The Labute approximate surface area is 188 Å². The van der Waals surface area contributed by atoms with Crippen molar-refractivity contribution in [2.75, 3.05) is 39.1 Å². The lowest BCUT2D eigenvalue weighted by Gasteiger charge is -2.50. The highest BCUT2D eigenvalue weighted by Gasteiger charge is 2.77. The van der Waals surface area contributed by atoms with Crippen molar-refractivity contribution in [3.8, 4) is 5.75 Å². The predicted molar refractivity (Wildman–Crippen MR) is 122 cm³/mol. The zero-order valence-electron chi connectivity index (χ0n) is 18.6. The van der Waals surface area contributed by atoms with Crippen molar-refractivity contribution in [3.63, 3.8) is 0 Å². The number of hydrogen-bond donors (Lipinski definition) is 1. The number of nitrogens with one attached hydrogen (secondary N) is 1. The number of amides is 1. The second-order valence-corrected chi connectivity index (χ2v) is 9.75. The fraction of sp³-hybridized carbons (Fsp3) is 0.462. The van der Waals surface area contributed by atoms with Gasteiger partial charge in [-0.15, -0.1) is 0 Å². The van der Waals surface area contributed by atoms with Crippen LogP contribution in [-0.2, 0) is 15.1 Å². The van der Waals surface area contributed by atoms with Gasteiger partial charge in [-0.2, -0.15) is 0 Å². The van der Waals surface area contributed by atoms with Crippen molar-refractivity contribution < 1.29 is 14.3 Å². The number of likely N-dealkylation sites (tertiary alicyclic amines) is 1. The summed E-state index contributed by atoms with van der Waals surface area (Å²) in [5, 5.41) is 3.17. The third-order valence-corrected chi connectivity index (χ3v) is 8.40. The number of rotatable bonds is 2. The van der Waals surface area contributed by atoms with E-state index in [1.54, 1.807) is 7.11 Å². The molecule has 6 nitrogen and oxygen atoms in total. The van der Waals surface area contributed by atoms with Crippen molar-refractivity contribution in [1.82, 2.24) is 9.80 Å². The van der Waals surface area contributed by atoms with Crippen LogP contribution in [0.2, 0.25) is 0 Å². The summed E-state index contributed by atoms with van der Waals surface area (Å²) in [6.45, 7) is 2.15. The fourth-order valence-electron chi connectivity index (χ4n) is 7.35. The Balaban J connectivity index is 1.66. The number of benzene rings is 2. The first kappa shape index (κ1) is 19.9. The van der Waals surface area contributed by atoms with Crippen LogP contribution in [-0.4, -0.2) is 61.3 Å². The van der Waals surface area contributed by atoms with Gasteiger partial charge in [-0.3, -0.25) is 14.5 Å². The van der Waals surface area contributed by atoms with E-state index in [1.165, 1.54) is 0 Å². The highest BCUT2D eigenvalue weighted by atomic mass is 16.5. The molecule has 0 unspecified atom stereocenters. The van der Waals surface area contributed by atoms with Crippen molar-refractivity contribution in [2.45, 2.75) is 36.8 Å². The van der Waals surface area contributed by atoms with E-state index in [-0.39, 0.29) is 23.7 Å². The van der Waals surface area contributed by atoms with Gasteiger partial charge in [-0.1, -0.05) is 30.3 Å². The van der Waals surface area contributed by atoms with E-state index in [9.17, 15) is 9.59 Å². The van der Waals surface area contributed by atoms with Gasteiger partial charge in [-0.05, 0) is 50.2 Å². The molecule has 1 amide bonds. The van der Waals surface area contributed by atoms with Gasteiger partial charge in [0.25, 0.3) is 5.91 Å². The Morgan fingerprint density at radius 2 is 1.84 bits per heavy atom. The number of para-hydroxylation sites is 1. The third-order valence-electron chi connectivity index (χ3n) is 8.40. The molecule has 166 valence electrons. The summed E-state index contributed by atoms with van der Waals surface area (Å²) >= 11 is 0. The molecule has 0 aliphatic carbocycles. The van der Waals surface area contributed by atoms with E-state index < -0.39 is 11.0 Å². The van der Waals surface area contributed by atoms with E-state index in [2.05, 4.69) is 40.4 Å². The maximum atomic E-state index is 14.2. The number of Topliss-reactive ketones (excluding diaryl/α,β-unsaturated/α-hetero) is 1. The number of carbonyl (C=O) groups excluding carboxylic acids is 2. The lowest BCUT2D eigenvalue weighted by atomic mass is 9.56. The molecule has 0 aromatic heterocycles. The first-order valence-corrected chi connectivity index (χ1v) is 11.6. The Bertz CT molecular complexity index is 1100. The number of methoxy groups -OCH3 is 1. The van der Waals surface area contributed by atoms with E-state index in [4.69, 9.17) is 4.74 Å². The summed E-state index contributed by atoms with van der Waals surface area (Å²) in [6.07, 6.45) is 2.50. The molecule has 4 atom stereocenters. The molecule has 2 aromatic rings. The van der Waals surface area contributed by atoms with Crippen LogP contribution < -0.4 is 10.1 Å². The molecule has 4 aliphatic heterocycles. The van der Waals surface area contributed by atoms with E-state index >= 15 is 0 Å². The first-order chi connectivity index (χ1) is 15.5. The summed E-state index contributed by atoms with van der Waals surface area (Å²) < 4.78 is 5.40. The van der Waals surface area contributed by atoms with Crippen molar-refractivity contribution >= 4 is 17.4 Å². The molecule has 1 N–H and O–H groups in total.